The van der Waals surface area contributed by atoms with E-state index in [4.69, 9.17) is 9.47 Å². The molecule has 0 aromatic rings. The van der Waals surface area contributed by atoms with Crippen LogP contribution in [0, 0.1) is 0 Å². The van der Waals surface area contributed by atoms with Crippen molar-refractivity contribution in [2.75, 3.05) is 13.2 Å². The monoisotopic (exact) mass is 210 g/mol. The van der Waals surface area contributed by atoms with Gasteiger partial charge in [-0.25, -0.2) is 4.79 Å². The molecule has 0 radical (unpaired) electrons. The summed E-state index contributed by atoms with van der Waals surface area (Å²) in [6, 6.07) is 0. The quantitative estimate of drug-likeness (QED) is 0.655. The minimum absolute atomic E-state index is 0.139. The molecule has 3 nitrogen and oxygen atoms in total. The summed E-state index contributed by atoms with van der Waals surface area (Å²) in [6.45, 7) is 3.11. The van der Waals surface area contributed by atoms with Gasteiger partial charge in [-0.2, -0.15) is 0 Å². The minimum atomic E-state index is -0.160. The number of hydrogen-bond donors (Lipinski definition) is 0. The second-order valence-electron chi connectivity index (χ2n) is 4.26. The topological polar surface area (TPSA) is 35.5 Å². The molecule has 15 heavy (non-hydrogen) atoms. The summed E-state index contributed by atoms with van der Waals surface area (Å²) in [4.78, 5) is 11.6. The van der Waals surface area contributed by atoms with Crippen LogP contribution in [0.5, 0.6) is 0 Å². The number of rotatable bonds is 2. The molecule has 3 heteroatoms. The number of carbonyl (C=O) groups excluding carboxylic acids is 1. The van der Waals surface area contributed by atoms with E-state index in [0.29, 0.717) is 6.61 Å². The van der Waals surface area contributed by atoms with E-state index in [1.807, 2.05) is 13.0 Å². The first-order chi connectivity index (χ1) is 7.26. The van der Waals surface area contributed by atoms with Gasteiger partial charge in [0.05, 0.1) is 12.2 Å². The molecule has 1 heterocycles. The maximum Gasteiger partial charge on any atom is 0.333 e. The van der Waals surface area contributed by atoms with Gasteiger partial charge in [0.2, 0.25) is 0 Å². The summed E-state index contributed by atoms with van der Waals surface area (Å²) in [5, 5.41) is 0. The van der Waals surface area contributed by atoms with Gasteiger partial charge >= 0.3 is 5.97 Å². The Morgan fingerprint density at radius 1 is 1.53 bits per heavy atom. The molecule has 1 fully saturated rings. The predicted molar refractivity (Wildman–Crippen MR) is 56.5 cm³/mol. The van der Waals surface area contributed by atoms with Crippen molar-refractivity contribution in [2.24, 2.45) is 0 Å². The molecule has 0 amide bonds. The average Bonchev–Trinajstić information content (AvgIpc) is 2.67. The Morgan fingerprint density at radius 3 is 3.00 bits per heavy atom. The van der Waals surface area contributed by atoms with Crippen LogP contribution in [0.4, 0.5) is 0 Å². The van der Waals surface area contributed by atoms with Gasteiger partial charge in [0.25, 0.3) is 0 Å². The Kier molecular flexibility index (Phi) is 3.10. The van der Waals surface area contributed by atoms with E-state index in [-0.39, 0.29) is 11.6 Å². The molecule has 1 aliphatic carbocycles. The van der Waals surface area contributed by atoms with Crippen LogP contribution in [0.25, 0.3) is 0 Å². The molecule has 1 unspecified atom stereocenters. The second-order valence-corrected chi connectivity index (χ2v) is 4.26. The van der Waals surface area contributed by atoms with Crippen LogP contribution in [0.3, 0.4) is 0 Å². The van der Waals surface area contributed by atoms with Crippen LogP contribution in [-0.4, -0.2) is 24.8 Å². The first-order valence-electron chi connectivity index (χ1n) is 5.78. The molecule has 0 N–H and O–H groups in total. The average molecular weight is 210 g/mol. The third kappa shape index (κ3) is 2.23. The van der Waals surface area contributed by atoms with Gasteiger partial charge in [-0.15, -0.1) is 0 Å². The molecule has 0 bridgehead atoms. The molecule has 1 spiro atoms. The first kappa shape index (κ1) is 10.7. The van der Waals surface area contributed by atoms with Crippen molar-refractivity contribution in [3.8, 4) is 0 Å². The Morgan fingerprint density at radius 2 is 2.33 bits per heavy atom. The van der Waals surface area contributed by atoms with E-state index < -0.39 is 0 Å². The highest BCUT2D eigenvalue weighted by atomic mass is 16.5. The lowest BCUT2D eigenvalue weighted by Crippen LogP contribution is -2.29. The van der Waals surface area contributed by atoms with E-state index in [2.05, 4.69) is 0 Å². The molecule has 1 atom stereocenters. The lowest BCUT2D eigenvalue weighted by molar-refractivity contribution is -0.139. The second kappa shape index (κ2) is 4.35. The van der Waals surface area contributed by atoms with Crippen LogP contribution in [0.1, 0.15) is 39.0 Å². The van der Waals surface area contributed by atoms with Crippen LogP contribution in [0.2, 0.25) is 0 Å². The highest BCUT2D eigenvalue weighted by molar-refractivity contribution is 5.88. The van der Waals surface area contributed by atoms with Crippen molar-refractivity contribution in [1.29, 1.82) is 0 Å². The fourth-order valence-corrected chi connectivity index (χ4v) is 2.45. The SMILES string of the molecule is CCOC(=O)C1=CC2(CCCO2)CCC1. The Bertz CT molecular complexity index is 275. The maximum atomic E-state index is 11.6. The van der Waals surface area contributed by atoms with E-state index in [1.54, 1.807) is 0 Å². The van der Waals surface area contributed by atoms with Crippen molar-refractivity contribution in [3.05, 3.63) is 11.6 Å². The molecule has 0 aromatic heterocycles. The summed E-state index contributed by atoms with van der Waals surface area (Å²) in [7, 11) is 0. The third-order valence-electron chi connectivity index (χ3n) is 3.15. The minimum Gasteiger partial charge on any atom is -0.463 e. The zero-order valence-electron chi connectivity index (χ0n) is 9.25. The van der Waals surface area contributed by atoms with E-state index in [1.165, 1.54) is 0 Å². The summed E-state index contributed by atoms with van der Waals surface area (Å²) in [5.74, 6) is -0.160. The number of ether oxygens (including phenoxy) is 2. The Hall–Kier alpha value is -0.830. The summed E-state index contributed by atoms with van der Waals surface area (Å²) in [5.41, 5.74) is 0.672. The molecule has 2 aliphatic rings. The van der Waals surface area contributed by atoms with Crippen molar-refractivity contribution >= 4 is 5.97 Å². The van der Waals surface area contributed by atoms with Crippen LogP contribution in [0.15, 0.2) is 11.6 Å². The highest BCUT2D eigenvalue weighted by Crippen LogP contribution is 2.37. The fourth-order valence-electron chi connectivity index (χ4n) is 2.45. The van der Waals surface area contributed by atoms with Gasteiger partial charge < -0.3 is 9.47 Å². The van der Waals surface area contributed by atoms with Crippen LogP contribution >= 0.6 is 0 Å². The van der Waals surface area contributed by atoms with E-state index in [0.717, 1.165) is 44.3 Å². The molecule has 84 valence electrons. The van der Waals surface area contributed by atoms with Gasteiger partial charge in [0.15, 0.2) is 0 Å². The van der Waals surface area contributed by atoms with Crippen molar-refractivity contribution in [2.45, 2.75) is 44.6 Å². The van der Waals surface area contributed by atoms with E-state index in [9.17, 15) is 4.79 Å². The van der Waals surface area contributed by atoms with Crippen LogP contribution in [-0.2, 0) is 14.3 Å². The smallest absolute Gasteiger partial charge is 0.333 e. The molecule has 1 aliphatic heterocycles. The highest BCUT2D eigenvalue weighted by Gasteiger charge is 2.36. The summed E-state index contributed by atoms with van der Waals surface area (Å²) in [6.07, 6.45) is 7.09. The molecule has 0 saturated carbocycles. The zero-order chi connectivity index (χ0) is 10.7. The summed E-state index contributed by atoms with van der Waals surface area (Å²) < 4.78 is 10.8. The van der Waals surface area contributed by atoms with Crippen molar-refractivity contribution < 1.29 is 14.3 Å². The molecular formula is C12H18O3. The number of carbonyl (C=O) groups is 1. The summed E-state index contributed by atoms with van der Waals surface area (Å²) >= 11 is 0. The lowest BCUT2D eigenvalue weighted by Gasteiger charge is -2.29. The van der Waals surface area contributed by atoms with E-state index >= 15 is 0 Å². The van der Waals surface area contributed by atoms with Crippen molar-refractivity contribution in [1.82, 2.24) is 0 Å². The zero-order valence-corrected chi connectivity index (χ0v) is 9.25. The molecule has 1 saturated heterocycles. The molecular weight excluding hydrogens is 192 g/mol. The third-order valence-corrected chi connectivity index (χ3v) is 3.15. The normalized spacial score (nSPS) is 30.3. The number of esters is 1. The van der Waals surface area contributed by atoms with Gasteiger partial charge in [-0.05, 0) is 45.1 Å². The molecule has 0 aromatic carbocycles. The fraction of sp³-hybridized carbons (Fsp3) is 0.750. The van der Waals surface area contributed by atoms with Gasteiger partial charge in [0.1, 0.15) is 0 Å². The predicted octanol–water partition coefficient (Wildman–Crippen LogP) is 2.21. The number of hydrogen-bond acceptors (Lipinski definition) is 3. The standard InChI is InChI=1S/C12H18O3/c1-2-14-11(13)10-5-3-6-12(9-10)7-4-8-15-12/h9H,2-8H2,1H3. The first-order valence-corrected chi connectivity index (χ1v) is 5.78. The molecule has 2 rings (SSSR count). The Balaban J connectivity index is 2.11. The van der Waals surface area contributed by atoms with Gasteiger partial charge in [-0.3, -0.25) is 0 Å². The Labute approximate surface area is 90.4 Å². The largest absolute Gasteiger partial charge is 0.463 e. The van der Waals surface area contributed by atoms with Crippen molar-refractivity contribution in [3.63, 3.8) is 0 Å². The lowest BCUT2D eigenvalue weighted by atomic mass is 9.84. The van der Waals surface area contributed by atoms with Gasteiger partial charge in [0, 0.05) is 12.2 Å². The van der Waals surface area contributed by atoms with Gasteiger partial charge in [-0.1, -0.05) is 0 Å². The van der Waals surface area contributed by atoms with Crippen LogP contribution < -0.4 is 0 Å². The maximum absolute atomic E-state index is 11.6.